The summed E-state index contributed by atoms with van der Waals surface area (Å²) in [4.78, 5) is 0. The fraction of sp³-hybridized carbons (Fsp3) is 0. The Kier molecular flexibility index (Phi) is 1.98. The highest BCUT2D eigenvalue weighted by Crippen LogP contribution is 2.19. The van der Waals surface area contributed by atoms with E-state index >= 15 is 0 Å². The summed E-state index contributed by atoms with van der Waals surface area (Å²) in [5.41, 5.74) is 1.05. The average Bonchev–Trinajstić information content (AvgIpc) is 2.01. The highest BCUT2D eigenvalue weighted by molar-refractivity contribution is 5.36. The zero-order valence-electron chi connectivity index (χ0n) is 5.11. The minimum Gasteiger partial charge on any atom is -0.204 e. The van der Waals surface area contributed by atoms with Crippen LogP contribution < -0.4 is 5.54 Å². The van der Waals surface area contributed by atoms with Crippen molar-refractivity contribution in [3.8, 4) is 0 Å². The maximum absolute atomic E-state index is 12.3. The van der Waals surface area contributed by atoms with Gasteiger partial charge in [-0.25, -0.2) is 13.2 Å². The van der Waals surface area contributed by atoms with Crippen molar-refractivity contribution in [3.63, 3.8) is 0 Å². The molecule has 1 radical (unpaired) electrons. The van der Waals surface area contributed by atoms with E-state index in [1.165, 1.54) is 0 Å². The minimum absolute atomic E-state index is 0.594. The molecule has 0 unspecified atom stereocenters. The number of halogens is 4. The van der Waals surface area contributed by atoms with Crippen LogP contribution in [0.15, 0.2) is 12.1 Å². The molecule has 1 nitrogen and oxygen atoms in total. The molecule has 0 heterocycles. The Balaban J connectivity index is 3.25. The van der Waals surface area contributed by atoms with E-state index in [2.05, 4.69) is 0 Å². The molecule has 5 heteroatoms. The Morgan fingerprint density at radius 2 is 1.64 bits per heavy atom. The summed E-state index contributed by atoms with van der Waals surface area (Å²) in [6.45, 7) is 0. The smallest absolute Gasteiger partial charge is 0.196 e. The van der Waals surface area contributed by atoms with Crippen LogP contribution in [-0.2, 0) is 0 Å². The molecule has 0 N–H and O–H groups in total. The summed E-state index contributed by atoms with van der Waals surface area (Å²) < 4.78 is 48.0. The molecule has 0 aliphatic carbocycles. The molecule has 0 saturated heterocycles. The van der Waals surface area contributed by atoms with Crippen molar-refractivity contribution in [2.45, 2.75) is 0 Å². The molecule has 0 saturated carbocycles. The fourth-order valence-electron chi connectivity index (χ4n) is 0.581. The monoisotopic (exact) mass is 164 g/mol. The standard InChI is InChI=1S/C6H2F4N/c7-3-1-2-4(11-10)6(9)5(3)8/h1-2H. The van der Waals surface area contributed by atoms with Crippen molar-refractivity contribution in [2.24, 2.45) is 0 Å². The summed E-state index contributed by atoms with van der Waals surface area (Å²) in [6, 6.07) is 1.30. The Morgan fingerprint density at radius 1 is 1.00 bits per heavy atom. The van der Waals surface area contributed by atoms with E-state index < -0.39 is 23.1 Å². The fourth-order valence-corrected chi connectivity index (χ4v) is 0.581. The number of benzene rings is 1. The lowest BCUT2D eigenvalue weighted by molar-refractivity contribution is 0.378. The molecule has 1 aromatic rings. The predicted octanol–water partition coefficient (Wildman–Crippen LogP) is 2.22. The van der Waals surface area contributed by atoms with Gasteiger partial charge in [0, 0.05) is 0 Å². The van der Waals surface area contributed by atoms with Crippen LogP contribution in [0.5, 0.6) is 0 Å². The summed E-state index contributed by atoms with van der Waals surface area (Å²) in [5, 5.41) is 0. The van der Waals surface area contributed by atoms with E-state index in [0.29, 0.717) is 12.1 Å². The molecule has 0 aliphatic rings. The lowest BCUT2D eigenvalue weighted by Gasteiger charge is -1.97. The van der Waals surface area contributed by atoms with Crippen LogP contribution in [0.2, 0.25) is 0 Å². The highest BCUT2D eigenvalue weighted by atomic mass is 19.2. The van der Waals surface area contributed by atoms with Gasteiger partial charge < -0.3 is 0 Å². The number of hydrogen-bond acceptors (Lipinski definition) is 0. The second-order valence-corrected chi connectivity index (χ2v) is 1.78. The molecular formula is C6H2F4N. The lowest BCUT2D eigenvalue weighted by atomic mass is 10.3. The highest BCUT2D eigenvalue weighted by Gasteiger charge is 2.13. The zero-order chi connectivity index (χ0) is 8.43. The van der Waals surface area contributed by atoms with Crippen molar-refractivity contribution in [1.82, 2.24) is 5.54 Å². The SMILES string of the molecule is F[N]c1ccc(F)c(F)c1F. The van der Waals surface area contributed by atoms with Gasteiger partial charge in [-0.2, -0.15) is 0 Å². The summed E-state index contributed by atoms with van der Waals surface area (Å²) in [6.07, 6.45) is 0. The average molecular weight is 164 g/mol. The maximum atomic E-state index is 12.3. The normalized spacial score (nSPS) is 9.82. The Hall–Kier alpha value is -1.26. The molecule has 0 atom stereocenters. The first-order valence-electron chi connectivity index (χ1n) is 2.62. The second-order valence-electron chi connectivity index (χ2n) is 1.78. The van der Waals surface area contributed by atoms with Crippen molar-refractivity contribution in [3.05, 3.63) is 29.6 Å². The number of hydrogen-bond donors (Lipinski definition) is 0. The zero-order valence-corrected chi connectivity index (χ0v) is 5.11. The third-order valence-electron chi connectivity index (χ3n) is 1.11. The van der Waals surface area contributed by atoms with E-state index in [0.717, 1.165) is 0 Å². The molecule has 0 spiro atoms. The molecule has 1 rings (SSSR count). The maximum Gasteiger partial charge on any atom is 0.196 e. The molecule has 0 fully saturated rings. The van der Waals surface area contributed by atoms with Crippen molar-refractivity contribution in [2.75, 3.05) is 0 Å². The molecule has 0 aromatic heterocycles. The van der Waals surface area contributed by atoms with Crippen molar-refractivity contribution < 1.29 is 17.7 Å². The molecule has 0 bridgehead atoms. The van der Waals surface area contributed by atoms with Gasteiger partial charge in [0.15, 0.2) is 17.5 Å². The topological polar surface area (TPSA) is 14.1 Å². The van der Waals surface area contributed by atoms with Gasteiger partial charge in [0.25, 0.3) is 0 Å². The van der Waals surface area contributed by atoms with Crippen LogP contribution in [0.4, 0.5) is 23.3 Å². The second kappa shape index (κ2) is 2.77. The van der Waals surface area contributed by atoms with Gasteiger partial charge in [-0.3, -0.25) is 0 Å². The van der Waals surface area contributed by atoms with Crippen LogP contribution >= 0.6 is 0 Å². The quantitative estimate of drug-likeness (QED) is 0.446. The van der Waals surface area contributed by atoms with E-state index in [1.807, 2.05) is 5.54 Å². The molecule has 0 aliphatic heterocycles. The minimum atomic E-state index is -1.72. The molecule has 1 aromatic carbocycles. The third kappa shape index (κ3) is 1.26. The first-order chi connectivity index (χ1) is 5.16. The lowest BCUT2D eigenvalue weighted by Crippen LogP contribution is -1.94. The van der Waals surface area contributed by atoms with Crippen LogP contribution in [0.1, 0.15) is 0 Å². The van der Waals surface area contributed by atoms with Gasteiger partial charge >= 0.3 is 0 Å². The van der Waals surface area contributed by atoms with Crippen LogP contribution in [0.25, 0.3) is 0 Å². The first kappa shape index (κ1) is 7.84. The number of rotatable bonds is 1. The van der Waals surface area contributed by atoms with E-state index in [1.54, 1.807) is 0 Å². The van der Waals surface area contributed by atoms with Crippen molar-refractivity contribution in [1.29, 1.82) is 0 Å². The predicted molar refractivity (Wildman–Crippen MR) is 29.2 cm³/mol. The first-order valence-corrected chi connectivity index (χ1v) is 2.62. The van der Waals surface area contributed by atoms with Gasteiger partial charge in [-0.1, -0.05) is 10.0 Å². The van der Waals surface area contributed by atoms with Crippen molar-refractivity contribution >= 4 is 5.69 Å². The van der Waals surface area contributed by atoms with E-state index in [9.17, 15) is 17.7 Å². The summed E-state index contributed by atoms with van der Waals surface area (Å²) in [5.74, 6) is -4.70. The van der Waals surface area contributed by atoms with Gasteiger partial charge in [-0.15, -0.1) is 0 Å². The Labute approximate surface area is 59.6 Å². The molecule has 11 heavy (non-hydrogen) atoms. The van der Waals surface area contributed by atoms with E-state index in [-0.39, 0.29) is 0 Å². The van der Waals surface area contributed by atoms with Gasteiger partial charge in [-0.05, 0) is 12.1 Å². The van der Waals surface area contributed by atoms with Crippen LogP contribution in [-0.4, -0.2) is 0 Å². The van der Waals surface area contributed by atoms with Crippen LogP contribution in [0, 0.1) is 17.5 Å². The van der Waals surface area contributed by atoms with Gasteiger partial charge in [0.2, 0.25) is 0 Å². The van der Waals surface area contributed by atoms with Crippen LogP contribution in [0.3, 0.4) is 0 Å². The van der Waals surface area contributed by atoms with Gasteiger partial charge in [0.05, 0.1) is 0 Å². The van der Waals surface area contributed by atoms with Gasteiger partial charge in [0.1, 0.15) is 5.69 Å². The number of nitrogens with zero attached hydrogens (tertiary/aromatic N) is 1. The largest absolute Gasteiger partial charge is 0.204 e. The summed E-state index contributed by atoms with van der Waals surface area (Å²) >= 11 is 0. The molecule has 0 amide bonds. The summed E-state index contributed by atoms with van der Waals surface area (Å²) in [7, 11) is 0. The molecule has 59 valence electrons. The third-order valence-corrected chi connectivity index (χ3v) is 1.11. The van der Waals surface area contributed by atoms with E-state index in [4.69, 9.17) is 0 Å². The Bertz CT molecular complexity index is 274. The Morgan fingerprint density at radius 3 is 2.18 bits per heavy atom. The molecular weight excluding hydrogens is 162 g/mol.